The number of fused-ring (bicyclic) bond motifs is 1. The normalized spacial score (nSPS) is 49.3. The van der Waals surface area contributed by atoms with Gasteiger partial charge in [-0.1, -0.05) is 13.3 Å². The largest absolute Gasteiger partial charge is 0.306 e. The van der Waals surface area contributed by atoms with E-state index in [9.17, 15) is 0 Å². The highest BCUT2D eigenvalue weighted by molar-refractivity contribution is 5.03. The van der Waals surface area contributed by atoms with Gasteiger partial charge in [-0.3, -0.25) is 0 Å². The fourth-order valence-electron chi connectivity index (χ4n) is 2.47. The van der Waals surface area contributed by atoms with E-state index >= 15 is 0 Å². The maximum absolute atomic E-state index is 2.46. The molecular formula is C8H15N. The fourth-order valence-corrected chi connectivity index (χ4v) is 2.47. The molecule has 0 bridgehead atoms. The second-order valence-electron chi connectivity index (χ2n) is 3.62. The van der Waals surface area contributed by atoms with E-state index in [-0.39, 0.29) is 0 Å². The third-order valence-electron chi connectivity index (χ3n) is 3.03. The summed E-state index contributed by atoms with van der Waals surface area (Å²) in [5, 5.41) is 0. The van der Waals surface area contributed by atoms with Gasteiger partial charge in [0.15, 0.2) is 0 Å². The van der Waals surface area contributed by atoms with Crippen LogP contribution >= 0.6 is 0 Å². The van der Waals surface area contributed by atoms with Gasteiger partial charge in [-0.25, -0.2) is 0 Å². The molecule has 52 valence electrons. The van der Waals surface area contributed by atoms with Crippen molar-refractivity contribution < 1.29 is 0 Å². The number of hydrogen-bond donors (Lipinski definition) is 0. The SMILES string of the molecule is CC[C@@H]1[C@H]2CN(C)C[C@@H]12. The fraction of sp³-hybridized carbons (Fsp3) is 1.00. The molecule has 0 radical (unpaired) electrons. The first-order valence-corrected chi connectivity index (χ1v) is 4.01. The molecule has 9 heavy (non-hydrogen) atoms. The van der Waals surface area contributed by atoms with Crippen LogP contribution in [0.15, 0.2) is 0 Å². The van der Waals surface area contributed by atoms with Crippen molar-refractivity contribution in [3.05, 3.63) is 0 Å². The molecule has 2 rings (SSSR count). The van der Waals surface area contributed by atoms with Crippen LogP contribution in [-0.4, -0.2) is 25.0 Å². The van der Waals surface area contributed by atoms with Crippen molar-refractivity contribution in [3.63, 3.8) is 0 Å². The first-order valence-electron chi connectivity index (χ1n) is 4.01. The maximum Gasteiger partial charge on any atom is 0.00127 e. The summed E-state index contributed by atoms with van der Waals surface area (Å²) in [4.78, 5) is 2.46. The lowest BCUT2D eigenvalue weighted by Gasteiger charge is -2.10. The second-order valence-corrected chi connectivity index (χ2v) is 3.62. The molecule has 0 unspecified atom stereocenters. The highest BCUT2D eigenvalue weighted by Crippen LogP contribution is 2.52. The van der Waals surface area contributed by atoms with Gasteiger partial charge in [-0.05, 0) is 24.8 Å². The Balaban J connectivity index is 1.91. The summed E-state index contributed by atoms with van der Waals surface area (Å²) >= 11 is 0. The van der Waals surface area contributed by atoms with Gasteiger partial charge in [0.25, 0.3) is 0 Å². The van der Waals surface area contributed by atoms with Gasteiger partial charge in [0.1, 0.15) is 0 Å². The molecule has 0 N–H and O–H groups in total. The van der Waals surface area contributed by atoms with Crippen LogP contribution in [0, 0.1) is 17.8 Å². The molecule has 1 heterocycles. The van der Waals surface area contributed by atoms with Gasteiger partial charge >= 0.3 is 0 Å². The van der Waals surface area contributed by atoms with Crippen LogP contribution in [-0.2, 0) is 0 Å². The van der Waals surface area contributed by atoms with Gasteiger partial charge < -0.3 is 4.90 Å². The molecule has 3 atom stereocenters. The van der Waals surface area contributed by atoms with Crippen molar-refractivity contribution >= 4 is 0 Å². The molecule has 2 fully saturated rings. The van der Waals surface area contributed by atoms with Crippen molar-refractivity contribution in [2.24, 2.45) is 17.8 Å². The van der Waals surface area contributed by atoms with E-state index in [1.165, 1.54) is 19.5 Å². The van der Waals surface area contributed by atoms with Crippen molar-refractivity contribution in [1.82, 2.24) is 4.90 Å². The van der Waals surface area contributed by atoms with Gasteiger partial charge in [0.05, 0.1) is 0 Å². The average Bonchev–Trinajstić information content (AvgIpc) is 2.30. The Labute approximate surface area is 57.0 Å². The highest BCUT2D eigenvalue weighted by atomic mass is 15.2. The monoisotopic (exact) mass is 125 g/mol. The van der Waals surface area contributed by atoms with E-state index in [2.05, 4.69) is 18.9 Å². The van der Waals surface area contributed by atoms with Gasteiger partial charge in [-0.15, -0.1) is 0 Å². The predicted molar refractivity (Wildman–Crippen MR) is 38.3 cm³/mol. The van der Waals surface area contributed by atoms with Crippen molar-refractivity contribution in [2.45, 2.75) is 13.3 Å². The Kier molecular flexibility index (Phi) is 1.10. The predicted octanol–water partition coefficient (Wildman–Crippen LogP) is 1.20. The Bertz CT molecular complexity index is 110. The summed E-state index contributed by atoms with van der Waals surface area (Å²) in [7, 11) is 2.24. The number of nitrogens with zero attached hydrogens (tertiary/aromatic N) is 1. The van der Waals surface area contributed by atoms with Crippen LogP contribution in [0.4, 0.5) is 0 Å². The van der Waals surface area contributed by atoms with Crippen molar-refractivity contribution in [1.29, 1.82) is 0 Å². The molecule has 0 aromatic heterocycles. The lowest BCUT2D eigenvalue weighted by Crippen LogP contribution is -2.18. The minimum Gasteiger partial charge on any atom is -0.306 e. The molecule has 0 amide bonds. The zero-order valence-electron chi connectivity index (χ0n) is 6.30. The first kappa shape index (κ1) is 5.72. The van der Waals surface area contributed by atoms with E-state index in [4.69, 9.17) is 0 Å². The molecule has 0 aromatic carbocycles. The second kappa shape index (κ2) is 1.72. The molecule has 1 aliphatic carbocycles. The summed E-state index contributed by atoms with van der Waals surface area (Å²) in [6.07, 6.45) is 1.42. The van der Waals surface area contributed by atoms with E-state index in [1.807, 2.05) is 0 Å². The molecule has 1 saturated carbocycles. The van der Waals surface area contributed by atoms with Crippen LogP contribution in [0.3, 0.4) is 0 Å². The smallest absolute Gasteiger partial charge is 0.00127 e. The number of likely N-dealkylation sites (tertiary alicyclic amines) is 1. The minimum atomic E-state index is 1.10. The summed E-state index contributed by atoms with van der Waals surface area (Å²) in [5.41, 5.74) is 0. The molecule has 1 aliphatic heterocycles. The number of hydrogen-bond acceptors (Lipinski definition) is 1. The molecule has 0 spiro atoms. The Morgan fingerprint density at radius 1 is 1.33 bits per heavy atom. The third-order valence-corrected chi connectivity index (χ3v) is 3.03. The maximum atomic E-state index is 2.46. The van der Waals surface area contributed by atoms with Crippen molar-refractivity contribution in [2.75, 3.05) is 20.1 Å². The van der Waals surface area contributed by atoms with Gasteiger partial charge in [0, 0.05) is 13.1 Å². The van der Waals surface area contributed by atoms with Crippen LogP contribution < -0.4 is 0 Å². The first-order chi connectivity index (χ1) is 4.33. The number of piperidine rings is 1. The Hall–Kier alpha value is -0.0400. The molecule has 2 aliphatic rings. The summed E-state index contributed by atoms with van der Waals surface area (Å²) in [6, 6.07) is 0. The highest BCUT2D eigenvalue weighted by Gasteiger charge is 2.53. The zero-order valence-corrected chi connectivity index (χ0v) is 6.30. The van der Waals surface area contributed by atoms with Crippen LogP contribution in [0.5, 0.6) is 0 Å². The molecular weight excluding hydrogens is 110 g/mol. The van der Waals surface area contributed by atoms with E-state index in [1.54, 1.807) is 0 Å². The minimum absolute atomic E-state index is 1.10. The molecule has 1 heteroatoms. The number of rotatable bonds is 1. The molecule has 1 saturated heterocycles. The van der Waals surface area contributed by atoms with Gasteiger partial charge in [0.2, 0.25) is 0 Å². The Morgan fingerprint density at radius 3 is 2.33 bits per heavy atom. The zero-order chi connectivity index (χ0) is 6.43. The Morgan fingerprint density at radius 2 is 1.89 bits per heavy atom. The average molecular weight is 125 g/mol. The lowest BCUT2D eigenvalue weighted by molar-refractivity contribution is 0.342. The van der Waals surface area contributed by atoms with E-state index < -0.39 is 0 Å². The summed E-state index contributed by atoms with van der Waals surface area (Å²) in [5.74, 6) is 3.31. The van der Waals surface area contributed by atoms with Crippen LogP contribution in [0.25, 0.3) is 0 Å². The topological polar surface area (TPSA) is 3.24 Å². The lowest BCUT2D eigenvalue weighted by atomic mass is 10.2. The van der Waals surface area contributed by atoms with Gasteiger partial charge in [-0.2, -0.15) is 0 Å². The van der Waals surface area contributed by atoms with Crippen LogP contribution in [0.2, 0.25) is 0 Å². The summed E-state index contributed by atoms with van der Waals surface area (Å²) in [6.45, 7) is 5.08. The van der Waals surface area contributed by atoms with E-state index in [0.717, 1.165) is 17.8 Å². The van der Waals surface area contributed by atoms with Crippen molar-refractivity contribution in [3.8, 4) is 0 Å². The quantitative estimate of drug-likeness (QED) is 0.509. The van der Waals surface area contributed by atoms with Crippen LogP contribution in [0.1, 0.15) is 13.3 Å². The molecule has 1 nitrogen and oxygen atoms in total. The third kappa shape index (κ3) is 0.710. The summed E-state index contributed by atoms with van der Waals surface area (Å²) < 4.78 is 0. The van der Waals surface area contributed by atoms with E-state index in [0.29, 0.717) is 0 Å². The standard InChI is InChI=1S/C8H15N/c1-3-6-7-4-9(2)5-8(6)7/h6-8H,3-5H2,1-2H3/t6-,7-,8+. The molecule has 0 aromatic rings.